The van der Waals surface area contributed by atoms with Crippen LogP contribution in [0.15, 0.2) is 36.8 Å². The molecule has 6 nitrogen and oxygen atoms in total. The van der Waals surface area contributed by atoms with E-state index < -0.39 is 0 Å². The minimum atomic E-state index is -0.0704. The molecule has 0 saturated heterocycles. The van der Waals surface area contributed by atoms with Crippen LogP contribution in [-0.2, 0) is 13.6 Å². The molecule has 0 radical (unpaired) electrons. The van der Waals surface area contributed by atoms with Gasteiger partial charge in [-0.05, 0) is 31.7 Å². The minimum absolute atomic E-state index is 0.0469. The summed E-state index contributed by atoms with van der Waals surface area (Å²) in [5.74, 6) is 1.27. The lowest BCUT2D eigenvalue weighted by Crippen LogP contribution is -2.32. The quantitative estimate of drug-likeness (QED) is 0.785. The van der Waals surface area contributed by atoms with Crippen LogP contribution in [0.4, 0.5) is 0 Å². The third-order valence-corrected chi connectivity index (χ3v) is 4.74. The van der Waals surface area contributed by atoms with Gasteiger partial charge in [-0.15, -0.1) is 0 Å². The average molecular weight is 323 g/mol. The molecule has 124 valence electrons. The number of para-hydroxylation sites is 1. The summed E-state index contributed by atoms with van der Waals surface area (Å²) >= 11 is 0. The van der Waals surface area contributed by atoms with Crippen LogP contribution in [0.5, 0.6) is 0 Å². The molecule has 2 heterocycles. The normalized spacial score (nSPS) is 15.6. The molecule has 1 aliphatic carbocycles. The number of hydrogen-bond acceptors (Lipinski definition) is 3. The van der Waals surface area contributed by atoms with Crippen molar-refractivity contribution in [2.24, 2.45) is 13.0 Å². The van der Waals surface area contributed by atoms with E-state index in [0.29, 0.717) is 11.5 Å². The zero-order valence-corrected chi connectivity index (χ0v) is 13.9. The molecule has 6 heteroatoms. The van der Waals surface area contributed by atoms with Crippen molar-refractivity contribution < 1.29 is 4.79 Å². The lowest BCUT2D eigenvalue weighted by Gasteiger charge is -2.18. The monoisotopic (exact) mass is 323 g/mol. The van der Waals surface area contributed by atoms with Crippen LogP contribution in [-0.4, -0.2) is 25.2 Å². The van der Waals surface area contributed by atoms with Gasteiger partial charge in [0.15, 0.2) is 0 Å². The van der Waals surface area contributed by atoms with Crippen LogP contribution in [0.3, 0.4) is 0 Å². The number of aryl methyl sites for hydroxylation is 2. The van der Waals surface area contributed by atoms with Crippen molar-refractivity contribution in [2.45, 2.75) is 32.4 Å². The predicted octanol–water partition coefficient (Wildman–Crippen LogP) is 2.67. The number of nitrogens with one attached hydrogen (secondary N) is 1. The van der Waals surface area contributed by atoms with Crippen molar-refractivity contribution in [3.8, 4) is 0 Å². The minimum Gasteiger partial charge on any atom is -0.350 e. The van der Waals surface area contributed by atoms with E-state index in [-0.39, 0.29) is 11.9 Å². The van der Waals surface area contributed by atoms with E-state index >= 15 is 0 Å². The van der Waals surface area contributed by atoms with Gasteiger partial charge in [0.05, 0.1) is 11.6 Å². The Morgan fingerprint density at radius 3 is 2.92 bits per heavy atom. The van der Waals surface area contributed by atoms with Crippen molar-refractivity contribution in [3.05, 3.63) is 48.2 Å². The van der Waals surface area contributed by atoms with Crippen LogP contribution in [0.1, 0.15) is 42.0 Å². The molecule has 3 aromatic rings. The Morgan fingerprint density at radius 2 is 2.17 bits per heavy atom. The maximum atomic E-state index is 12.9. The first-order valence-corrected chi connectivity index (χ1v) is 8.41. The van der Waals surface area contributed by atoms with E-state index in [1.54, 1.807) is 6.33 Å². The molecule has 24 heavy (non-hydrogen) atoms. The summed E-state index contributed by atoms with van der Waals surface area (Å²) in [7, 11) is 1.96. The van der Waals surface area contributed by atoms with Gasteiger partial charge in [-0.1, -0.05) is 18.2 Å². The number of nitrogens with zero attached hydrogens (tertiary/aromatic N) is 4. The predicted molar refractivity (Wildman–Crippen MR) is 91.5 cm³/mol. The van der Waals surface area contributed by atoms with Crippen molar-refractivity contribution in [1.82, 2.24) is 24.6 Å². The number of carbonyl (C=O) groups is 1. The molecule has 4 rings (SSSR count). The highest BCUT2D eigenvalue weighted by Gasteiger charge is 2.36. The van der Waals surface area contributed by atoms with Gasteiger partial charge >= 0.3 is 0 Å². The smallest absolute Gasteiger partial charge is 0.254 e. The number of amides is 1. The topological polar surface area (TPSA) is 64.7 Å². The Hall–Kier alpha value is -2.63. The van der Waals surface area contributed by atoms with Crippen molar-refractivity contribution in [3.63, 3.8) is 0 Å². The molecule has 1 aromatic carbocycles. The average Bonchev–Trinajstić information content (AvgIpc) is 3.23. The van der Waals surface area contributed by atoms with E-state index in [2.05, 4.69) is 15.4 Å². The van der Waals surface area contributed by atoms with Gasteiger partial charge in [0.1, 0.15) is 12.2 Å². The molecule has 0 unspecified atom stereocenters. The first kappa shape index (κ1) is 14.9. The second-order valence-corrected chi connectivity index (χ2v) is 6.39. The molecule has 1 amide bonds. The summed E-state index contributed by atoms with van der Waals surface area (Å²) in [5, 5.41) is 8.43. The molecule has 2 aromatic heterocycles. The van der Waals surface area contributed by atoms with Gasteiger partial charge in [-0.2, -0.15) is 5.10 Å². The summed E-state index contributed by atoms with van der Waals surface area (Å²) < 4.78 is 3.86. The van der Waals surface area contributed by atoms with Crippen LogP contribution in [0, 0.1) is 5.92 Å². The van der Waals surface area contributed by atoms with Crippen molar-refractivity contribution in [1.29, 1.82) is 0 Å². The van der Waals surface area contributed by atoms with Gasteiger partial charge in [-0.25, -0.2) is 9.67 Å². The largest absolute Gasteiger partial charge is 0.350 e. The number of carbonyl (C=O) groups excluding carboxylic acids is 1. The number of fused-ring (bicyclic) bond motifs is 1. The van der Waals surface area contributed by atoms with Gasteiger partial charge in [0, 0.05) is 30.7 Å². The number of hydrogen-bond donors (Lipinski definition) is 1. The third-order valence-electron chi connectivity index (χ3n) is 4.74. The molecule has 0 spiro atoms. The molecule has 0 aliphatic heterocycles. The molecule has 0 bridgehead atoms. The highest BCUT2D eigenvalue weighted by atomic mass is 16.1. The maximum Gasteiger partial charge on any atom is 0.254 e. The van der Waals surface area contributed by atoms with Crippen LogP contribution >= 0.6 is 0 Å². The zero-order valence-electron chi connectivity index (χ0n) is 13.9. The Balaban J connectivity index is 1.66. The van der Waals surface area contributed by atoms with E-state index in [1.165, 1.54) is 0 Å². The number of rotatable bonds is 5. The fourth-order valence-corrected chi connectivity index (χ4v) is 3.32. The highest BCUT2D eigenvalue weighted by molar-refractivity contribution is 6.07. The van der Waals surface area contributed by atoms with Crippen LogP contribution < -0.4 is 5.32 Å². The molecular weight excluding hydrogens is 302 g/mol. The second kappa shape index (κ2) is 5.78. The Kier molecular flexibility index (Phi) is 3.59. The zero-order chi connectivity index (χ0) is 16.7. The fourth-order valence-electron chi connectivity index (χ4n) is 3.32. The van der Waals surface area contributed by atoms with Crippen LogP contribution in [0.2, 0.25) is 0 Å². The van der Waals surface area contributed by atoms with Crippen molar-refractivity contribution in [2.75, 3.05) is 0 Å². The lowest BCUT2D eigenvalue weighted by atomic mass is 10.1. The summed E-state index contributed by atoms with van der Waals surface area (Å²) in [6, 6.07) is 7.90. The molecule has 1 atom stereocenters. The molecule has 1 aliphatic rings. The van der Waals surface area contributed by atoms with Gasteiger partial charge < -0.3 is 9.88 Å². The number of aromatic nitrogens is 4. The van der Waals surface area contributed by atoms with Crippen LogP contribution in [0.25, 0.3) is 10.9 Å². The van der Waals surface area contributed by atoms with E-state index in [0.717, 1.165) is 36.1 Å². The van der Waals surface area contributed by atoms with E-state index in [4.69, 9.17) is 0 Å². The molecule has 1 N–H and O–H groups in total. The summed E-state index contributed by atoms with van der Waals surface area (Å²) in [6.07, 6.45) is 5.71. The number of benzene rings is 1. The SMILES string of the molecule is CCn1ncnc1[C@@H](NC(=O)c1cn(C)c2ccccc12)C1CC1. The lowest BCUT2D eigenvalue weighted by molar-refractivity contribution is 0.0930. The van der Waals surface area contributed by atoms with E-state index in [9.17, 15) is 4.79 Å². The molecular formula is C18H21N5O. The Bertz CT molecular complexity index is 890. The Labute approximate surface area is 140 Å². The third kappa shape index (κ3) is 2.48. The fraction of sp³-hybridized carbons (Fsp3) is 0.389. The second-order valence-electron chi connectivity index (χ2n) is 6.39. The molecule has 1 saturated carbocycles. The van der Waals surface area contributed by atoms with Gasteiger partial charge in [0.25, 0.3) is 5.91 Å². The van der Waals surface area contributed by atoms with Gasteiger partial charge in [-0.3, -0.25) is 4.79 Å². The van der Waals surface area contributed by atoms with Gasteiger partial charge in [0.2, 0.25) is 0 Å². The summed E-state index contributed by atoms with van der Waals surface area (Å²) in [6.45, 7) is 2.79. The first-order valence-electron chi connectivity index (χ1n) is 8.41. The van der Waals surface area contributed by atoms with Crippen molar-refractivity contribution >= 4 is 16.8 Å². The standard InChI is InChI=1S/C18H21N5O/c1-3-23-17(19-11-20-23)16(12-8-9-12)21-18(24)14-10-22(2)15-7-5-4-6-13(14)15/h4-7,10-12,16H,3,8-9H2,1-2H3,(H,21,24)/t16-/m0/s1. The Morgan fingerprint density at radius 1 is 1.38 bits per heavy atom. The molecule has 1 fully saturated rings. The maximum absolute atomic E-state index is 12.9. The first-order chi connectivity index (χ1) is 11.7. The highest BCUT2D eigenvalue weighted by Crippen LogP contribution is 2.40. The summed E-state index contributed by atoms with van der Waals surface area (Å²) in [4.78, 5) is 17.3. The summed E-state index contributed by atoms with van der Waals surface area (Å²) in [5.41, 5.74) is 1.77. The van der Waals surface area contributed by atoms with E-state index in [1.807, 2.05) is 53.7 Å².